The van der Waals surface area contributed by atoms with Crippen LogP contribution in [0.4, 0.5) is 57.1 Å². The Bertz CT molecular complexity index is 594. The van der Waals surface area contributed by atoms with Gasteiger partial charge in [0.25, 0.3) is 0 Å². The number of halogens is 13. The Hall–Kier alpha value is -0.773. The molecule has 0 aromatic carbocycles. The molecule has 0 aliphatic carbocycles. The van der Waals surface area contributed by atoms with E-state index in [2.05, 4.69) is 0 Å². The van der Waals surface area contributed by atoms with Gasteiger partial charge in [-0.15, -0.1) is 0 Å². The van der Waals surface area contributed by atoms with Crippen LogP contribution in [-0.4, -0.2) is 66.7 Å². The molecule has 0 spiro atoms. The molecule has 0 aliphatic rings. The normalized spacial score (nSPS) is 17.8. The topological polar surface area (TPSA) is 40.5 Å². The van der Waals surface area contributed by atoms with E-state index < -0.39 is 75.0 Å². The largest absolute Gasteiger partial charge is 0.460 e. The van der Waals surface area contributed by atoms with Crippen LogP contribution in [0.2, 0.25) is 12.1 Å². The molecular formula is C14H17F13O2Si. The second kappa shape index (κ2) is 7.97. The third kappa shape index (κ3) is 4.84. The third-order valence-corrected chi connectivity index (χ3v) is 5.94. The fraction of sp³-hybridized carbons (Fsp3) is 1.00. The van der Waals surface area contributed by atoms with Crippen LogP contribution in [0.3, 0.4) is 0 Å². The smallest absolute Gasteiger partial charge is 0.388 e. The molecule has 0 aromatic heterocycles. The van der Waals surface area contributed by atoms with E-state index in [0.717, 1.165) is 20.8 Å². The molecule has 2 radical (unpaired) electrons. The monoisotopic (exact) mass is 492 g/mol. The van der Waals surface area contributed by atoms with Gasteiger partial charge in [-0.2, -0.15) is 57.1 Å². The van der Waals surface area contributed by atoms with Crippen LogP contribution in [0.15, 0.2) is 0 Å². The number of alkyl halides is 13. The van der Waals surface area contributed by atoms with Crippen LogP contribution in [-0.2, 0) is 0 Å². The zero-order valence-electron chi connectivity index (χ0n) is 15.4. The second-order valence-electron chi connectivity index (χ2n) is 7.26. The van der Waals surface area contributed by atoms with Crippen molar-refractivity contribution in [3.8, 4) is 0 Å². The summed E-state index contributed by atoms with van der Waals surface area (Å²) in [6.07, 6.45) is -9.74. The van der Waals surface area contributed by atoms with E-state index in [0.29, 0.717) is 0 Å². The highest BCUT2D eigenvalue weighted by molar-refractivity contribution is 6.35. The molecule has 0 fully saturated rings. The molecule has 30 heavy (non-hydrogen) atoms. The minimum absolute atomic E-state index is 0.531. The molecule has 1 atom stereocenters. The summed E-state index contributed by atoms with van der Waals surface area (Å²) in [6.45, 7) is 3.19. The van der Waals surface area contributed by atoms with Crippen molar-refractivity contribution in [2.24, 2.45) is 0 Å². The number of aliphatic hydroxyl groups is 2. The molecule has 0 aliphatic heterocycles. The highest BCUT2D eigenvalue weighted by atomic mass is 28.2. The van der Waals surface area contributed by atoms with E-state index in [1.54, 1.807) is 0 Å². The van der Waals surface area contributed by atoms with Gasteiger partial charge in [-0.1, -0.05) is 6.04 Å². The number of hydrogen-bond acceptors (Lipinski definition) is 2. The molecule has 0 bridgehead atoms. The maximum Gasteiger partial charge on any atom is 0.460 e. The Kier molecular flexibility index (Phi) is 7.77. The van der Waals surface area contributed by atoms with Gasteiger partial charge in [0.05, 0.1) is 11.2 Å². The first-order valence-electron chi connectivity index (χ1n) is 7.82. The second-order valence-corrected chi connectivity index (χ2v) is 8.61. The zero-order chi connectivity index (χ0) is 24.8. The van der Waals surface area contributed by atoms with Crippen molar-refractivity contribution in [3.63, 3.8) is 0 Å². The van der Waals surface area contributed by atoms with Gasteiger partial charge in [-0.05, 0) is 26.8 Å². The minimum atomic E-state index is -7.90. The van der Waals surface area contributed by atoms with Crippen LogP contribution < -0.4 is 0 Å². The Morgan fingerprint density at radius 3 is 1.30 bits per heavy atom. The highest BCUT2D eigenvalue weighted by Crippen LogP contribution is 2.60. The van der Waals surface area contributed by atoms with Crippen LogP contribution in [0.1, 0.15) is 27.2 Å². The van der Waals surface area contributed by atoms with Crippen molar-refractivity contribution in [2.75, 3.05) is 0 Å². The molecule has 0 aromatic rings. The van der Waals surface area contributed by atoms with E-state index in [1.807, 2.05) is 0 Å². The zero-order valence-corrected chi connectivity index (χ0v) is 16.4. The molecule has 0 saturated heterocycles. The maximum atomic E-state index is 13.6. The van der Waals surface area contributed by atoms with Crippen molar-refractivity contribution in [1.82, 2.24) is 0 Å². The van der Waals surface area contributed by atoms with E-state index >= 15 is 0 Å². The summed E-state index contributed by atoms with van der Waals surface area (Å²) in [6, 6.07) is -1.66. The van der Waals surface area contributed by atoms with Crippen LogP contribution in [0.5, 0.6) is 0 Å². The Morgan fingerprint density at radius 2 is 0.967 bits per heavy atom. The van der Waals surface area contributed by atoms with Gasteiger partial charge in [0.15, 0.2) is 0 Å². The molecule has 0 heterocycles. The highest BCUT2D eigenvalue weighted by Gasteiger charge is 2.90. The predicted octanol–water partition coefficient (Wildman–Crippen LogP) is 5.18. The van der Waals surface area contributed by atoms with E-state index in [1.165, 1.54) is 0 Å². The van der Waals surface area contributed by atoms with Gasteiger partial charge in [-0.3, -0.25) is 0 Å². The van der Waals surface area contributed by atoms with Gasteiger partial charge in [-0.25, -0.2) is 0 Å². The van der Waals surface area contributed by atoms with Gasteiger partial charge in [0.1, 0.15) is 0 Å². The third-order valence-electron chi connectivity index (χ3n) is 4.40. The van der Waals surface area contributed by atoms with Crippen molar-refractivity contribution in [2.45, 2.75) is 86.3 Å². The van der Waals surface area contributed by atoms with Gasteiger partial charge < -0.3 is 10.2 Å². The lowest BCUT2D eigenvalue weighted by atomic mass is 9.90. The Labute approximate surface area is 164 Å². The first-order valence-corrected chi connectivity index (χ1v) is 9.23. The number of rotatable bonds is 10. The predicted molar refractivity (Wildman–Crippen MR) is 77.7 cm³/mol. The van der Waals surface area contributed by atoms with E-state index in [4.69, 9.17) is 0 Å². The van der Waals surface area contributed by atoms with E-state index in [-0.39, 0.29) is 0 Å². The molecule has 0 saturated carbocycles. The lowest BCUT2D eigenvalue weighted by molar-refractivity contribution is -0.439. The van der Waals surface area contributed by atoms with E-state index in [9.17, 15) is 67.3 Å². The Morgan fingerprint density at radius 1 is 0.600 bits per heavy atom. The lowest BCUT2D eigenvalue weighted by Gasteiger charge is -2.40. The van der Waals surface area contributed by atoms with Gasteiger partial charge >= 0.3 is 35.8 Å². The first kappa shape index (κ1) is 29.2. The van der Waals surface area contributed by atoms with Crippen molar-refractivity contribution in [3.05, 3.63) is 0 Å². The number of hydrogen-bond donors (Lipinski definition) is 2. The first-order chi connectivity index (χ1) is 12.7. The summed E-state index contributed by atoms with van der Waals surface area (Å²) in [5.41, 5.74) is -3.78. The van der Waals surface area contributed by atoms with Crippen molar-refractivity contribution < 1.29 is 67.3 Å². The SMILES string of the molecule is CC(C)(O)C(C)(O)C[Si]CCC(F)(F)C(F)(F)C(F)(F)C(F)(F)C(F)(F)C(F)(F)F. The molecule has 180 valence electrons. The molecule has 0 amide bonds. The summed E-state index contributed by atoms with van der Waals surface area (Å²) in [4.78, 5) is 0. The average Bonchev–Trinajstić information content (AvgIpc) is 2.48. The summed E-state index contributed by atoms with van der Waals surface area (Å²) < 4.78 is 168. The quantitative estimate of drug-likeness (QED) is 0.251. The summed E-state index contributed by atoms with van der Waals surface area (Å²) >= 11 is 0. The fourth-order valence-electron chi connectivity index (χ4n) is 1.75. The summed E-state index contributed by atoms with van der Waals surface area (Å²) in [5.74, 6) is -36.8. The summed E-state index contributed by atoms with van der Waals surface area (Å²) in [7, 11) is -0.924. The molecule has 16 heteroatoms. The lowest BCUT2D eigenvalue weighted by Crippen LogP contribution is -2.70. The van der Waals surface area contributed by atoms with Crippen molar-refractivity contribution in [1.29, 1.82) is 0 Å². The average molecular weight is 492 g/mol. The van der Waals surface area contributed by atoms with Crippen LogP contribution in [0.25, 0.3) is 0 Å². The van der Waals surface area contributed by atoms with Crippen molar-refractivity contribution >= 4 is 9.52 Å². The Balaban J connectivity index is 5.62. The molecule has 2 N–H and O–H groups in total. The summed E-state index contributed by atoms with van der Waals surface area (Å²) in [5, 5.41) is 19.5. The minimum Gasteiger partial charge on any atom is -0.388 e. The molecular weight excluding hydrogens is 475 g/mol. The van der Waals surface area contributed by atoms with Crippen LogP contribution in [0, 0.1) is 0 Å². The van der Waals surface area contributed by atoms with Gasteiger partial charge in [0, 0.05) is 15.9 Å². The molecule has 1 unspecified atom stereocenters. The molecule has 0 rings (SSSR count). The molecule has 2 nitrogen and oxygen atoms in total. The van der Waals surface area contributed by atoms with Crippen LogP contribution >= 0.6 is 0 Å². The maximum absolute atomic E-state index is 13.6. The van der Waals surface area contributed by atoms with Gasteiger partial charge in [0.2, 0.25) is 0 Å². The fourth-order valence-corrected chi connectivity index (χ4v) is 3.34. The standard InChI is InChI=1S/C14H17F13O2Si/c1-7(2,28)8(3,29)6-30-5-4-9(15,16)10(17,18)11(19,20)12(21,22)13(23,24)14(25,26)27/h28-29H,4-6H2,1-3H3.